The number of hydrogen-bond acceptors (Lipinski definition) is 7. The van der Waals surface area contributed by atoms with E-state index in [-0.39, 0.29) is 5.92 Å². The van der Waals surface area contributed by atoms with Crippen LogP contribution >= 0.6 is 0 Å². The highest BCUT2D eigenvalue weighted by Gasteiger charge is 2.26. The van der Waals surface area contributed by atoms with Crippen LogP contribution in [0.25, 0.3) is 11.5 Å². The molecule has 2 aliphatic heterocycles. The normalized spacial score (nSPS) is 18.9. The van der Waals surface area contributed by atoms with Gasteiger partial charge in [0.1, 0.15) is 5.82 Å². The van der Waals surface area contributed by atoms with Crippen molar-refractivity contribution in [3.05, 3.63) is 24.2 Å². The van der Waals surface area contributed by atoms with E-state index in [0.717, 1.165) is 63.5 Å². The molecule has 4 heterocycles. The predicted octanol–water partition coefficient (Wildman–Crippen LogP) is 2.64. The van der Waals surface area contributed by atoms with E-state index in [9.17, 15) is 4.79 Å². The van der Waals surface area contributed by atoms with Crippen molar-refractivity contribution < 1.29 is 9.32 Å². The fourth-order valence-corrected chi connectivity index (χ4v) is 4.11. The molecule has 30 heavy (non-hydrogen) atoms. The highest BCUT2D eigenvalue weighted by molar-refractivity contribution is 5.76. The lowest BCUT2D eigenvalue weighted by molar-refractivity contribution is -0.133. The molecule has 0 N–H and O–H groups in total. The van der Waals surface area contributed by atoms with Crippen molar-refractivity contribution in [2.45, 2.75) is 39.0 Å². The Kier molecular flexibility index (Phi) is 6.32. The van der Waals surface area contributed by atoms with Crippen LogP contribution in [-0.2, 0) is 4.79 Å². The molecule has 2 fully saturated rings. The summed E-state index contributed by atoms with van der Waals surface area (Å²) >= 11 is 0. The molecule has 2 aromatic heterocycles. The number of amides is 1. The van der Waals surface area contributed by atoms with E-state index in [1.165, 1.54) is 0 Å². The van der Waals surface area contributed by atoms with Crippen LogP contribution in [0.2, 0.25) is 0 Å². The van der Waals surface area contributed by atoms with Crippen LogP contribution in [0.1, 0.15) is 44.9 Å². The molecule has 2 aromatic rings. The molecule has 4 rings (SSSR count). The van der Waals surface area contributed by atoms with E-state index < -0.39 is 0 Å². The third-order valence-electron chi connectivity index (χ3n) is 6.21. The van der Waals surface area contributed by atoms with Crippen LogP contribution in [0.5, 0.6) is 0 Å². The summed E-state index contributed by atoms with van der Waals surface area (Å²) in [5.41, 5.74) is 0.895. The first kappa shape index (κ1) is 20.8. The molecule has 0 spiro atoms. The average molecular weight is 413 g/mol. The first-order chi connectivity index (χ1) is 14.5. The molecule has 0 bridgehead atoms. The molecule has 162 valence electrons. The summed E-state index contributed by atoms with van der Waals surface area (Å²) in [6.45, 7) is 9.60. The molecular weight excluding hydrogens is 380 g/mol. The van der Waals surface area contributed by atoms with Crippen LogP contribution < -0.4 is 4.90 Å². The van der Waals surface area contributed by atoms with Crippen LogP contribution in [0, 0.1) is 5.92 Å². The maximum absolute atomic E-state index is 12.6. The highest BCUT2D eigenvalue weighted by atomic mass is 16.5. The molecule has 2 aliphatic rings. The van der Waals surface area contributed by atoms with Gasteiger partial charge in [-0.25, -0.2) is 4.98 Å². The monoisotopic (exact) mass is 412 g/mol. The molecule has 0 atom stereocenters. The Morgan fingerprint density at radius 3 is 2.57 bits per heavy atom. The molecule has 1 amide bonds. The van der Waals surface area contributed by atoms with Crippen molar-refractivity contribution in [3.63, 3.8) is 0 Å². The predicted molar refractivity (Wildman–Crippen MR) is 115 cm³/mol. The van der Waals surface area contributed by atoms with E-state index in [2.05, 4.69) is 32.0 Å². The van der Waals surface area contributed by atoms with Gasteiger partial charge in [0.05, 0.1) is 0 Å². The summed E-state index contributed by atoms with van der Waals surface area (Å²) in [4.78, 5) is 28.3. The van der Waals surface area contributed by atoms with Gasteiger partial charge >= 0.3 is 0 Å². The van der Waals surface area contributed by atoms with Gasteiger partial charge < -0.3 is 19.2 Å². The summed E-state index contributed by atoms with van der Waals surface area (Å²) in [6.07, 6.45) is 4.50. The molecule has 0 aliphatic carbocycles. The summed E-state index contributed by atoms with van der Waals surface area (Å²) < 4.78 is 5.43. The van der Waals surface area contributed by atoms with Crippen LogP contribution in [0.15, 0.2) is 22.9 Å². The number of carbonyl (C=O) groups is 1. The largest absolute Gasteiger partial charge is 0.357 e. The second-order valence-electron chi connectivity index (χ2n) is 8.83. The molecular formula is C22H32N6O2. The lowest BCUT2D eigenvalue weighted by atomic mass is 9.92. The topological polar surface area (TPSA) is 78.6 Å². The zero-order chi connectivity index (χ0) is 21.1. The Labute approximate surface area is 178 Å². The SMILES string of the molecule is CC(C)c1noc(-c2ccnc(N3CCC(CC(=O)N4CCN(C)CC4)CC3)c2)n1. The van der Waals surface area contributed by atoms with Gasteiger partial charge in [-0.1, -0.05) is 19.0 Å². The number of piperidine rings is 1. The molecule has 8 heteroatoms. The number of carbonyl (C=O) groups excluding carboxylic acids is 1. The van der Waals surface area contributed by atoms with Crippen molar-refractivity contribution >= 4 is 11.7 Å². The second-order valence-corrected chi connectivity index (χ2v) is 8.83. The van der Waals surface area contributed by atoms with Gasteiger partial charge in [-0.2, -0.15) is 4.98 Å². The molecule has 0 radical (unpaired) electrons. The Morgan fingerprint density at radius 1 is 1.17 bits per heavy atom. The van der Waals surface area contributed by atoms with E-state index in [1.54, 1.807) is 6.20 Å². The Hall–Kier alpha value is -2.48. The van der Waals surface area contributed by atoms with Crippen molar-refractivity contribution in [3.8, 4) is 11.5 Å². The van der Waals surface area contributed by atoms with Gasteiger partial charge in [-0.15, -0.1) is 0 Å². The van der Waals surface area contributed by atoms with E-state index in [1.807, 2.05) is 30.9 Å². The first-order valence-corrected chi connectivity index (χ1v) is 11.0. The van der Waals surface area contributed by atoms with Crippen LogP contribution in [-0.4, -0.2) is 77.1 Å². The first-order valence-electron chi connectivity index (χ1n) is 11.0. The average Bonchev–Trinajstić information content (AvgIpc) is 3.26. The van der Waals surface area contributed by atoms with Crippen LogP contribution in [0.4, 0.5) is 5.82 Å². The van der Waals surface area contributed by atoms with Crippen molar-refractivity contribution in [1.82, 2.24) is 24.9 Å². The van der Waals surface area contributed by atoms with Crippen molar-refractivity contribution in [1.29, 1.82) is 0 Å². The second kappa shape index (κ2) is 9.12. The molecule has 8 nitrogen and oxygen atoms in total. The minimum atomic E-state index is 0.233. The molecule has 0 unspecified atom stereocenters. The molecule has 0 aromatic carbocycles. The number of piperazine rings is 1. The third-order valence-corrected chi connectivity index (χ3v) is 6.21. The maximum Gasteiger partial charge on any atom is 0.258 e. The lowest BCUT2D eigenvalue weighted by Gasteiger charge is -2.35. The summed E-state index contributed by atoms with van der Waals surface area (Å²) in [7, 11) is 2.11. The summed E-state index contributed by atoms with van der Waals surface area (Å²) in [5, 5.41) is 4.06. The zero-order valence-electron chi connectivity index (χ0n) is 18.3. The number of pyridine rings is 1. The lowest BCUT2D eigenvalue weighted by Crippen LogP contribution is -2.47. The standard InChI is InChI=1S/C22H32N6O2/c1-16(2)21-24-22(30-25-21)18-4-7-23-19(15-18)27-8-5-17(6-9-27)14-20(29)28-12-10-26(3)11-13-28/h4,7,15-17H,5-6,8-14H2,1-3H3. The summed E-state index contributed by atoms with van der Waals surface area (Å²) in [6, 6.07) is 3.93. The van der Waals surface area contributed by atoms with Gasteiger partial charge in [-0.05, 0) is 37.9 Å². The van der Waals surface area contributed by atoms with Crippen molar-refractivity contribution in [2.24, 2.45) is 5.92 Å². The fourth-order valence-electron chi connectivity index (χ4n) is 4.11. The van der Waals surface area contributed by atoms with E-state index in [4.69, 9.17) is 4.52 Å². The number of likely N-dealkylation sites (N-methyl/N-ethyl adjacent to an activating group) is 1. The van der Waals surface area contributed by atoms with Gasteiger partial charge in [0.15, 0.2) is 5.82 Å². The number of anilines is 1. The van der Waals surface area contributed by atoms with Gasteiger partial charge in [-0.3, -0.25) is 4.79 Å². The van der Waals surface area contributed by atoms with E-state index in [0.29, 0.717) is 30.0 Å². The van der Waals surface area contributed by atoms with E-state index >= 15 is 0 Å². The fraction of sp³-hybridized carbons (Fsp3) is 0.636. The Balaban J connectivity index is 1.32. The highest BCUT2D eigenvalue weighted by Crippen LogP contribution is 2.28. The quantitative estimate of drug-likeness (QED) is 0.747. The minimum Gasteiger partial charge on any atom is -0.357 e. The Morgan fingerprint density at radius 2 is 1.90 bits per heavy atom. The van der Waals surface area contributed by atoms with Gasteiger partial charge in [0.2, 0.25) is 5.91 Å². The minimum absolute atomic E-state index is 0.233. The molecule has 2 saturated heterocycles. The number of hydrogen-bond donors (Lipinski definition) is 0. The maximum atomic E-state index is 12.6. The molecule has 0 saturated carbocycles. The third kappa shape index (κ3) is 4.80. The van der Waals surface area contributed by atoms with Gasteiger partial charge in [0, 0.05) is 63.4 Å². The number of nitrogens with zero attached hydrogens (tertiary/aromatic N) is 6. The number of rotatable bonds is 5. The number of aromatic nitrogens is 3. The smallest absolute Gasteiger partial charge is 0.258 e. The summed E-state index contributed by atoms with van der Waals surface area (Å²) in [5.74, 6) is 3.20. The van der Waals surface area contributed by atoms with Gasteiger partial charge in [0.25, 0.3) is 5.89 Å². The van der Waals surface area contributed by atoms with Crippen molar-refractivity contribution in [2.75, 3.05) is 51.2 Å². The zero-order valence-corrected chi connectivity index (χ0v) is 18.3. The van der Waals surface area contributed by atoms with Crippen LogP contribution in [0.3, 0.4) is 0 Å². The Bertz CT molecular complexity index is 851.